The lowest BCUT2D eigenvalue weighted by atomic mass is 10.1. The number of carbonyl (C=O) groups is 1. The molecular formula is C13H20N4O5S. The summed E-state index contributed by atoms with van der Waals surface area (Å²) in [6.45, 7) is 3.61. The van der Waals surface area contributed by atoms with Gasteiger partial charge in [0.1, 0.15) is 0 Å². The van der Waals surface area contributed by atoms with Crippen LogP contribution in [-0.2, 0) is 14.8 Å². The molecule has 10 heteroatoms. The summed E-state index contributed by atoms with van der Waals surface area (Å²) in [5.74, 6) is -0.397. The normalized spacial score (nSPS) is 12.9. The predicted molar refractivity (Wildman–Crippen MR) is 84.1 cm³/mol. The van der Waals surface area contributed by atoms with Gasteiger partial charge in [-0.05, 0) is 12.0 Å². The molecule has 0 aliphatic rings. The molecule has 0 spiro atoms. The SMILES string of the molecule is CC(C)[C@H](N)C(=O)NCCNS(=O)(=O)c1cccc([N+](=O)[O-])c1. The standard InChI is InChI=1S/C13H20N4O5S/c1-9(2)12(14)13(18)15-6-7-16-23(21,22)11-5-3-4-10(8-11)17(19)20/h3-5,8-9,12,16H,6-7,14H2,1-2H3,(H,15,18)/t12-/m0/s1. The number of nitro groups is 1. The Morgan fingerprint density at radius 2 is 2.00 bits per heavy atom. The van der Waals surface area contributed by atoms with Crippen molar-refractivity contribution in [2.45, 2.75) is 24.8 Å². The molecule has 4 N–H and O–H groups in total. The van der Waals surface area contributed by atoms with Gasteiger partial charge in [0.05, 0.1) is 15.9 Å². The zero-order valence-electron chi connectivity index (χ0n) is 12.9. The molecule has 0 aliphatic heterocycles. The van der Waals surface area contributed by atoms with Gasteiger partial charge in [0.25, 0.3) is 5.69 Å². The highest BCUT2D eigenvalue weighted by molar-refractivity contribution is 7.89. The number of nitrogens with two attached hydrogens (primary N) is 1. The molecule has 0 heterocycles. The molecular weight excluding hydrogens is 324 g/mol. The summed E-state index contributed by atoms with van der Waals surface area (Å²) < 4.78 is 26.3. The minimum absolute atomic E-state index is 0.0310. The van der Waals surface area contributed by atoms with E-state index in [1.54, 1.807) is 13.8 Å². The number of nitrogens with one attached hydrogen (secondary N) is 2. The maximum atomic E-state index is 12.0. The summed E-state index contributed by atoms with van der Waals surface area (Å²) in [6.07, 6.45) is 0. The van der Waals surface area contributed by atoms with Gasteiger partial charge in [-0.2, -0.15) is 0 Å². The topological polar surface area (TPSA) is 144 Å². The smallest absolute Gasteiger partial charge is 0.270 e. The molecule has 1 amide bonds. The second kappa shape index (κ2) is 7.99. The monoisotopic (exact) mass is 344 g/mol. The van der Waals surface area contributed by atoms with E-state index >= 15 is 0 Å². The molecule has 9 nitrogen and oxygen atoms in total. The first kappa shape index (κ1) is 19.0. The molecule has 0 fully saturated rings. The number of nitrogens with zero attached hydrogens (tertiary/aromatic N) is 1. The van der Waals surface area contributed by atoms with Crippen molar-refractivity contribution >= 4 is 21.6 Å². The maximum absolute atomic E-state index is 12.0. The van der Waals surface area contributed by atoms with E-state index in [1.807, 2.05) is 0 Å². The minimum atomic E-state index is -3.89. The van der Waals surface area contributed by atoms with Crippen molar-refractivity contribution < 1.29 is 18.1 Å². The van der Waals surface area contributed by atoms with E-state index in [0.29, 0.717) is 0 Å². The highest BCUT2D eigenvalue weighted by Gasteiger charge is 2.18. The van der Waals surface area contributed by atoms with E-state index in [1.165, 1.54) is 18.2 Å². The van der Waals surface area contributed by atoms with E-state index in [2.05, 4.69) is 10.0 Å². The fourth-order valence-electron chi connectivity index (χ4n) is 1.64. The molecule has 128 valence electrons. The molecule has 0 radical (unpaired) electrons. The van der Waals surface area contributed by atoms with E-state index in [4.69, 9.17) is 5.73 Å². The Labute approximate surface area is 134 Å². The van der Waals surface area contributed by atoms with Gasteiger partial charge in [-0.25, -0.2) is 13.1 Å². The number of carbonyl (C=O) groups excluding carboxylic acids is 1. The molecule has 0 aliphatic carbocycles. The largest absolute Gasteiger partial charge is 0.353 e. The van der Waals surface area contributed by atoms with E-state index < -0.39 is 21.0 Å². The fourth-order valence-corrected chi connectivity index (χ4v) is 2.71. The quantitative estimate of drug-likeness (QED) is 0.343. The lowest BCUT2D eigenvalue weighted by Crippen LogP contribution is -2.46. The highest BCUT2D eigenvalue weighted by Crippen LogP contribution is 2.16. The van der Waals surface area contributed by atoms with Crippen molar-refractivity contribution in [1.82, 2.24) is 10.0 Å². The van der Waals surface area contributed by atoms with Gasteiger partial charge in [0.2, 0.25) is 15.9 Å². The van der Waals surface area contributed by atoms with Gasteiger partial charge in [0.15, 0.2) is 0 Å². The number of benzene rings is 1. The second-order valence-corrected chi connectivity index (χ2v) is 6.98. The van der Waals surface area contributed by atoms with Crippen molar-refractivity contribution in [3.63, 3.8) is 0 Å². The molecule has 0 unspecified atom stereocenters. The zero-order valence-corrected chi connectivity index (χ0v) is 13.7. The summed E-state index contributed by atoms with van der Waals surface area (Å²) in [5, 5.41) is 13.2. The number of hydrogen-bond donors (Lipinski definition) is 3. The number of amides is 1. The van der Waals surface area contributed by atoms with Crippen LogP contribution in [0, 0.1) is 16.0 Å². The van der Waals surface area contributed by atoms with Crippen LogP contribution < -0.4 is 15.8 Å². The number of non-ortho nitro benzene ring substituents is 1. The lowest BCUT2D eigenvalue weighted by Gasteiger charge is -2.15. The number of rotatable bonds is 8. The van der Waals surface area contributed by atoms with E-state index in [-0.39, 0.29) is 35.5 Å². The summed E-state index contributed by atoms with van der Waals surface area (Å²) in [7, 11) is -3.89. The number of hydrogen-bond acceptors (Lipinski definition) is 6. The molecule has 23 heavy (non-hydrogen) atoms. The van der Waals surface area contributed by atoms with Gasteiger partial charge in [-0.1, -0.05) is 19.9 Å². The van der Waals surface area contributed by atoms with Gasteiger partial charge in [-0.15, -0.1) is 0 Å². The van der Waals surface area contributed by atoms with Crippen LogP contribution in [0.3, 0.4) is 0 Å². The highest BCUT2D eigenvalue weighted by atomic mass is 32.2. The molecule has 0 saturated carbocycles. The zero-order chi connectivity index (χ0) is 17.6. The first-order valence-electron chi connectivity index (χ1n) is 6.92. The van der Waals surface area contributed by atoms with Crippen molar-refractivity contribution in [1.29, 1.82) is 0 Å². The summed E-state index contributed by atoms with van der Waals surface area (Å²) >= 11 is 0. The van der Waals surface area contributed by atoms with Crippen LogP contribution in [0.25, 0.3) is 0 Å². The van der Waals surface area contributed by atoms with Crippen LogP contribution in [0.2, 0.25) is 0 Å². The Hall–Kier alpha value is -2.04. The summed E-state index contributed by atoms with van der Waals surface area (Å²) in [4.78, 5) is 21.4. The van der Waals surface area contributed by atoms with Gasteiger partial charge in [0, 0.05) is 25.2 Å². The maximum Gasteiger partial charge on any atom is 0.270 e. The minimum Gasteiger partial charge on any atom is -0.353 e. The van der Waals surface area contributed by atoms with Crippen molar-refractivity contribution in [3.8, 4) is 0 Å². The fraction of sp³-hybridized carbons (Fsp3) is 0.462. The Morgan fingerprint density at radius 3 is 2.57 bits per heavy atom. The molecule has 1 aromatic carbocycles. The van der Waals surface area contributed by atoms with Gasteiger partial charge >= 0.3 is 0 Å². The second-order valence-electron chi connectivity index (χ2n) is 5.21. The van der Waals surface area contributed by atoms with Crippen LogP contribution >= 0.6 is 0 Å². The molecule has 1 rings (SSSR count). The average Bonchev–Trinajstić information content (AvgIpc) is 2.50. The van der Waals surface area contributed by atoms with Crippen molar-refractivity contribution in [2.75, 3.05) is 13.1 Å². The molecule has 0 bridgehead atoms. The summed E-state index contributed by atoms with van der Waals surface area (Å²) in [5.41, 5.74) is 5.33. The number of nitro benzene ring substituents is 1. The third-order valence-corrected chi connectivity index (χ3v) is 4.53. The van der Waals surface area contributed by atoms with Crippen molar-refractivity contribution in [3.05, 3.63) is 34.4 Å². The Balaban J connectivity index is 2.59. The van der Waals surface area contributed by atoms with Crippen LogP contribution in [-0.4, -0.2) is 38.4 Å². The third kappa shape index (κ3) is 5.58. The van der Waals surface area contributed by atoms with Crippen molar-refractivity contribution in [2.24, 2.45) is 11.7 Å². The van der Waals surface area contributed by atoms with Crippen LogP contribution in [0.4, 0.5) is 5.69 Å². The Kier molecular flexibility index (Phi) is 6.61. The average molecular weight is 344 g/mol. The first-order valence-corrected chi connectivity index (χ1v) is 8.41. The molecule has 0 aromatic heterocycles. The molecule has 1 atom stereocenters. The van der Waals surface area contributed by atoms with Crippen LogP contribution in [0.1, 0.15) is 13.8 Å². The first-order chi connectivity index (χ1) is 10.6. The molecule has 1 aromatic rings. The Bertz CT molecular complexity index is 675. The summed E-state index contributed by atoms with van der Waals surface area (Å²) in [6, 6.07) is 4.05. The Morgan fingerprint density at radius 1 is 1.35 bits per heavy atom. The number of sulfonamides is 1. The van der Waals surface area contributed by atoms with Gasteiger partial charge < -0.3 is 11.1 Å². The third-order valence-electron chi connectivity index (χ3n) is 3.08. The van der Waals surface area contributed by atoms with Gasteiger partial charge in [-0.3, -0.25) is 14.9 Å². The predicted octanol–water partition coefficient (Wildman–Crippen LogP) is -0.0274. The van der Waals surface area contributed by atoms with Crippen LogP contribution in [0.5, 0.6) is 0 Å². The molecule has 0 saturated heterocycles. The van der Waals surface area contributed by atoms with Crippen LogP contribution in [0.15, 0.2) is 29.2 Å². The van der Waals surface area contributed by atoms with E-state index in [0.717, 1.165) is 6.07 Å². The lowest BCUT2D eigenvalue weighted by molar-refractivity contribution is -0.385. The van der Waals surface area contributed by atoms with E-state index in [9.17, 15) is 23.3 Å².